The third-order valence-electron chi connectivity index (χ3n) is 4.70. The van der Waals surface area contributed by atoms with Crippen molar-refractivity contribution in [1.82, 2.24) is 4.90 Å². The largest absolute Gasteiger partial charge is 0.504 e. The average molecular weight is 277 g/mol. The van der Waals surface area contributed by atoms with Gasteiger partial charge in [-0.2, -0.15) is 0 Å². The van der Waals surface area contributed by atoms with Crippen LogP contribution in [-0.2, 0) is 0 Å². The third-order valence-corrected chi connectivity index (χ3v) is 4.70. The number of phenolic OH excluding ortho intramolecular Hbond substituents is 1. The summed E-state index contributed by atoms with van der Waals surface area (Å²) >= 11 is 0. The van der Waals surface area contributed by atoms with E-state index in [9.17, 15) is 10.2 Å². The zero-order chi connectivity index (χ0) is 14.1. The van der Waals surface area contributed by atoms with E-state index >= 15 is 0 Å². The van der Waals surface area contributed by atoms with E-state index in [1.807, 2.05) is 12.1 Å². The Morgan fingerprint density at radius 2 is 2.10 bits per heavy atom. The van der Waals surface area contributed by atoms with Crippen molar-refractivity contribution in [2.75, 3.05) is 13.7 Å². The molecule has 0 aromatic heterocycles. The second-order valence-electron chi connectivity index (χ2n) is 5.96. The van der Waals surface area contributed by atoms with Crippen LogP contribution in [0.15, 0.2) is 18.2 Å². The van der Waals surface area contributed by atoms with Gasteiger partial charge in [0.15, 0.2) is 11.5 Å². The quantitative estimate of drug-likeness (QED) is 0.872. The molecule has 2 saturated heterocycles. The first-order valence-electron chi connectivity index (χ1n) is 7.49. The van der Waals surface area contributed by atoms with Crippen molar-refractivity contribution in [2.24, 2.45) is 0 Å². The number of ether oxygens (including phenoxy) is 1. The summed E-state index contributed by atoms with van der Waals surface area (Å²) in [5, 5.41) is 20.1. The van der Waals surface area contributed by atoms with Crippen molar-refractivity contribution in [1.29, 1.82) is 0 Å². The van der Waals surface area contributed by atoms with Crippen LogP contribution in [0.5, 0.6) is 11.5 Å². The van der Waals surface area contributed by atoms with Gasteiger partial charge in [-0.25, -0.2) is 0 Å². The predicted molar refractivity (Wildman–Crippen MR) is 77.0 cm³/mol. The lowest BCUT2D eigenvalue weighted by Crippen LogP contribution is -2.48. The minimum Gasteiger partial charge on any atom is -0.504 e. The summed E-state index contributed by atoms with van der Waals surface area (Å²) in [4.78, 5) is 2.51. The van der Waals surface area contributed by atoms with Gasteiger partial charge < -0.3 is 14.9 Å². The fourth-order valence-electron chi connectivity index (χ4n) is 3.73. The number of fused-ring (bicyclic) bond motifs is 1. The zero-order valence-electron chi connectivity index (χ0n) is 12.0. The second-order valence-corrected chi connectivity index (χ2v) is 5.96. The number of aromatic hydroxyl groups is 1. The SMILES string of the molecule is COc1ccc([C@@H]2C[C@@H](O)C[C@@H]3CCCCN32)cc1O. The van der Waals surface area contributed by atoms with Crippen LogP contribution in [0.1, 0.15) is 43.7 Å². The van der Waals surface area contributed by atoms with E-state index in [1.165, 1.54) is 19.3 Å². The number of phenols is 1. The van der Waals surface area contributed by atoms with Gasteiger partial charge in [0.05, 0.1) is 13.2 Å². The lowest BCUT2D eigenvalue weighted by Gasteiger charge is -2.47. The standard InChI is InChI=1S/C16H23NO3/c1-20-16-6-5-11(8-15(16)19)14-10-13(18)9-12-4-2-3-7-17(12)14/h5-6,8,12-14,18-19H,2-4,7,9-10H2,1H3/t12-,13-,14-/m0/s1. The normalized spacial score (nSPS) is 30.8. The van der Waals surface area contributed by atoms with Crippen molar-refractivity contribution in [3.05, 3.63) is 23.8 Å². The molecule has 0 saturated carbocycles. The first-order chi connectivity index (χ1) is 9.69. The van der Waals surface area contributed by atoms with Crippen LogP contribution in [0.25, 0.3) is 0 Å². The van der Waals surface area contributed by atoms with Gasteiger partial charge in [0.25, 0.3) is 0 Å². The number of benzene rings is 1. The Labute approximate surface area is 120 Å². The molecule has 2 aliphatic rings. The van der Waals surface area contributed by atoms with Gasteiger partial charge in [-0.1, -0.05) is 12.5 Å². The zero-order valence-corrected chi connectivity index (χ0v) is 12.0. The molecule has 1 aromatic rings. The molecule has 0 bridgehead atoms. The highest BCUT2D eigenvalue weighted by atomic mass is 16.5. The number of rotatable bonds is 2. The minimum absolute atomic E-state index is 0.179. The van der Waals surface area contributed by atoms with Crippen molar-refractivity contribution in [2.45, 2.75) is 50.3 Å². The molecule has 20 heavy (non-hydrogen) atoms. The molecule has 110 valence electrons. The molecule has 4 nitrogen and oxygen atoms in total. The number of aliphatic hydroxyl groups is 1. The molecule has 3 atom stereocenters. The van der Waals surface area contributed by atoms with Gasteiger partial charge in [0.1, 0.15) is 0 Å². The summed E-state index contributed by atoms with van der Waals surface area (Å²) in [5.41, 5.74) is 1.08. The highest BCUT2D eigenvalue weighted by Crippen LogP contribution is 2.40. The summed E-state index contributed by atoms with van der Waals surface area (Å²) in [7, 11) is 1.56. The Morgan fingerprint density at radius 3 is 2.85 bits per heavy atom. The lowest BCUT2D eigenvalue weighted by atomic mass is 9.84. The van der Waals surface area contributed by atoms with Crippen LogP contribution in [0.4, 0.5) is 0 Å². The smallest absolute Gasteiger partial charge is 0.160 e. The van der Waals surface area contributed by atoms with E-state index in [-0.39, 0.29) is 17.9 Å². The van der Waals surface area contributed by atoms with Crippen LogP contribution >= 0.6 is 0 Å². The minimum atomic E-state index is -0.233. The topological polar surface area (TPSA) is 52.9 Å². The molecule has 1 aromatic carbocycles. The molecule has 2 aliphatic heterocycles. The number of methoxy groups -OCH3 is 1. The number of hydrogen-bond acceptors (Lipinski definition) is 4. The Balaban J connectivity index is 1.88. The first kappa shape index (κ1) is 13.7. The first-order valence-corrected chi connectivity index (χ1v) is 7.49. The van der Waals surface area contributed by atoms with Gasteiger partial charge in [-0.15, -0.1) is 0 Å². The predicted octanol–water partition coefficient (Wildman–Crippen LogP) is 2.45. The van der Waals surface area contributed by atoms with E-state index < -0.39 is 0 Å². The number of piperidine rings is 2. The maximum absolute atomic E-state index is 10.1. The molecule has 0 amide bonds. The van der Waals surface area contributed by atoms with Crippen molar-refractivity contribution in [3.63, 3.8) is 0 Å². The maximum atomic E-state index is 10.1. The fraction of sp³-hybridized carbons (Fsp3) is 0.625. The fourth-order valence-corrected chi connectivity index (χ4v) is 3.73. The van der Waals surface area contributed by atoms with Gasteiger partial charge in [-0.05, 0) is 49.9 Å². The molecular weight excluding hydrogens is 254 g/mol. The van der Waals surface area contributed by atoms with Gasteiger partial charge >= 0.3 is 0 Å². The maximum Gasteiger partial charge on any atom is 0.160 e. The molecule has 0 unspecified atom stereocenters. The van der Waals surface area contributed by atoms with Gasteiger partial charge in [0.2, 0.25) is 0 Å². The van der Waals surface area contributed by atoms with Gasteiger partial charge in [-0.3, -0.25) is 4.90 Å². The van der Waals surface area contributed by atoms with Crippen LogP contribution in [-0.4, -0.2) is 40.9 Å². The molecule has 2 fully saturated rings. The summed E-state index contributed by atoms with van der Waals surface area (Å²) in [5.74, 6) is 0.680. The lowest BCUT2D eigenvalue weighted by molar-refractivity contribution is -0.0180. The average Bonchev–Trinajstić information content (AvgIpc) is 2.46. The van der Waals surface area contributed by atoms with Crippen LogP contribution < -0.4 is 4.74 Å². The molecule has 0 spiro atoms. The molecule has 2 heterocycles. The molecular formula is C16H23NO3. The van der Waals surface area contributed by atoms with E-state index in [4.69, 9.17) is 4.74 Å². The highest BCUT2D eigenvalue weighted by Gasteiger charge is 2.37. The summed E-state index contributed by atoms with van der Waals surface area (Å²) in [6, 6.07) is 6.30. The molecule has 4 heteroatoms. The molecule has 0 radical (unpaired) electrons. The number of hydrogen-bond donors (Lipinski definition) is 2. The molecule has 3 rings (SSSR count). The summed E-state index contributed by atoms with van der Waals surface area (Å²) in [6.07, 6.45) is 5.07. The molecule has 2 N–H and O–H groups in total. The van der Waals surface area contributed by atoms with E-state index in [0.29, 0.717) is 11.8 Å². The third kappa shape index (κ3) is 2.50. The van der Waals surface area contributed by atoms with E-state index in [2.05, 4.69) is 4.90 Å². The van der Waals surface area contributed by atoms with Crippen molar-refractivity contribution in [3.8, 4) is 11.5 Å². The van der Waals surface area contributed by atoms with Crippen LogP contribution in [0, 0.1) is 0 Å². The Bertz CT molecular complexity index is 477. The number of aliphatic hydroxyl groups excluding tert-OH is 1. The van der Waals surface area contributed by atoms with Crippen molar-refractivity contribution >= 4 is 0 Å². The van der Waals surface area contributed by atoms with Crippen LogP contribution in [0.3, 0.4) is 0 Å². The second kappa shape index (κ2) is 5.62. The Morgan fingerprint density at radius 1 is 1.25 bits per heavy atom. The molecule has 0 aliphatic carbocycles. The van der Waals surface area contributed by atoms with E-state index in [0.717, 1.165) is 24.9 Å². The Hall–Kier alpha value is -1.26. The summed E-state index contributed by atoms with van der Waals surface area (Å²) < 4.78 is 5.10. The Kier molecular flexibility index (Phi) is 3.85. The van der Waals surface area contributed by atoms with Crippen molar-refractivity contribution < 1.29 is 14.9 Å². The monoisotopic (exact) mass is 277 g/mol. The van der Waals surface area contributed by atoms with E-state index in [1.54, 1.807) is 13.2 Å². The highest BCUT2D eigenvalue weighted by molar-refractivity contribution is 5.42. The number of nitrogens with zero attached hydrogens (tertiary/aromatic N) is 1. The summed E-state index contributed by atoms with van der Waals surface area (Å²) in [6.45, 7) is 1.09. The van der Waals surface area contributed by atoms with Gasteiger partial charge in [0, 0.05) is 12.1 Å². The van der Waals surface area contributed by atoms with Crippen LogP contribution in [0.2, 0.25) is 0 Å².